The van der Waals surface area contributed by atoms with Crippen molar-refractivity contribution in [3.05, 3.63) is 34.1 Å². The first-order valence-corrected chi connectivity index (χ1v) is 10.7. The van der Waals surface area contributed by atoms with Gasteiger partial charge in [-0.3, -0.25) is 4.99 Å². The van der Waals surface area contributed by atoms with E-state index in [1.54, 1.807) is 0 Å². The smallest absolute Gasteiger partial charge is 0.191 e. The fourth-order valence-corrected chi connectivity index (χ4v) is 3.51. The topological polar surface area (TPSA) is 59.9 Å². The van der Waals surface area contributed by atoms with Gasteiger partial charge in [-0.2, -0.15) is 0 Å². The summed E-state index contributed by atoms with van der Waals surface area (Å²) >= 11 is 3.28. The summed E-state index contributed by atoms with van der Waals surface area (Å²) in [5, 5.41) is 16.2. The van der Waals surface area contributed by atoms with Gasteiger partial charge in [-0.25, -0.2) is 4.39 Å². The molecule has 27 heavy (non-hydrogen) atoms. The Bertz CT molecular complexity index is 591. The van der Waals surface area contributed by atoms with Crippen molar-refractivity contribution in [2.75, 3.05) is 39.3 Å². The highest BCUT2D eigenvalue weighted by molar-refractivity contribution is 9.10. The van der Waals surface area contributed by atoms with Crippen LogP contribution in [0.3, 0.4) is 0 Å². The van der Waals surface area contributed by atoms with E-state index < -0.39 is 0 Å². The third kappa shape index (κ3) is 8.58. The Morgan fingerprint density at radius 3 is 2.78 bits per heavy atom. The average molecular weight is 443 g/mol. The monoisotopic (exact) mass is 442 g/mol. The molecule has 1 saturated heterocycles. The third-order valence-corrected chi connectivity index (χ3v) is 5.23. The zero-order valence-corrected chi connectivity index (χ0v) is 17.8. The van der Waals surface area contributed by atoms with Crippen molar-refractivity contribution < 1.29 is 9.50 Å². The van der Waals surface area contributed by atoms with Crippen LogP contribution in [-0.4, -0.2) is 61.3 Å². The lowest BCUT2D eigenvalue weighted by Gasteiger charge is -2.29. The van der Waals surface area contributed by atoms with Crippen LogP contribution in [0.4, 0.5) is 4.39 Å². The van der Waals surface area contributed by atoms with E-state index in [9.17, 15) is 9.50 Å². The van der Waals surface area contributed by atoms with E-state index in [1.807, 2.05) is 19.1 Å². The van der Waals surface area contributed by atoms with E-state index >= 15 is 0 Å². The molecule has 7 heteroatoms. The maximum Gasteiger partial charge on any atom is 0.191 e. The molecule has 0 aromatic heterocycles. The van der Waals surface area contributed by atoms with E-state index in [0.29, 0.717) is 13.0 Å². The van der Waals surface area contributed by atoms with Crippen molar-refractivity contribution in [3.63, 3.8) is 0 Å². The van der Waals surface area contributed by atoms with Gasteiger partial charge in [0.25, 0.3) is 0 Å². The van der Waals surface area contributed by atoms with Gasteiger partial charge in [-0.1, -0.05) is 22.0 Å². The van der Waals surface area contributed by atoms with Crippen molar-refractivity contribution in [3.8, 4) is 0 Å². The number of likely N-dealkylation sites (tertiary alicyclic amines) is 1. The minimum absolute atomic E-state index is 0.113. The lowest BCUT2D eigenvalue weighted by atomic mass is 10.1. The van der Waals surface area contributed by atoms with Crippen LogP contribution < -0.4 is 10.6 Å². The number of aliphatic imine (C=N–C) groups is 1. The SMILES string of the molecule is CCNC(=NCCCc1ccc(Br)cc1F)NCCCN1CCC(O)CC1. The van der Waals surface area contributed by atoms with Crippen LogP contribution in [-0.2, 0) is 6.42 Å². The number of rotatable bonds is 9. The number of nitrogens with one attached hydrogen (secondary N) is 2. The molecule has 0 radical (unpaired) electrons. The Labute approximate surface area is 170 Å². The molecule has 5 nitrogen and oxygen atoms in total. The summed E-state index contributed by atoms with van der Waals surface area (Å²) in [5.74, 6) is 0.659. The Kier molecular flexibility index (Phi) is 10.1. The van der Waals surface area contributed by atoms with E-state index in [0.717, 1.165) is 74.4 Å². The van der Waals surface area contributed by atoms with E-state index in [2.05, 4.69) is 36.5 Å². The van der Waals surface area contributed by atoms with Crippen LogP contribution in [0.1, 0.15) is 38.2 Å². The van der Waals surface area contributed by atoms with Gasteiger partial charge in [0.15, 0.2) is 5.96 Å². The summed E-state index contributed by atoms with van der Waals surface area (Å²) in [5.41, 5.74) is 0.734. The molecule has 0 spiro atoms. The molecule has 152 valence electrons. The first-order valence-electron chi connectivity index (χ1n) is 9.95. The van der Waals surface area contributed by atoms with Crippen LogP contribution in [0.2, 0.25) is 0 Å². The number of guanidine groups is 1. The van der Waals surface area contributed by atoms with Crippen LogP contribution in [0.15, 0.2) is 27.7 Å². The zero-order valence-electron chi connectivity index (χ0n) is 16.2. The van der Waals surface area contributed by atoms with Crippen molar-refractivity contribution in [1.82, 2.24) is 15.5 Å². The molecule has 0 amide bonds. The second-order valence-corrected chi connectivity index (χ2v) is 7.87. The van der Waals surface area contributed by atoms with Gasteiger partial charge in [-0.15, -0.1) is 0 Å². The summed E-state index contributed by atoms with van der Waals surface area (Å²) < 4.78 is 14.6. The second kappa shape index (κ2) is 12.3. The number of benzene rings is 1. The Morgan fingerprint density at radius 1 is 1.30 bits per heavy atom. The van der Waals surface area contributed by atoms with Gasteiger partial charge in [0.2, 0.25) is 0 Å². The summed E-state index contributed by atoms with van der Waals surface area (Å²) in [6.07, 6.45) is 4.20. The molecule has 1 heterocycles. The summed E-state index contributed by atoms with van der Waals surface area (Å²) in [6, 6.07) is 5.20. The molecule has 3 N–H and O–H groups in total. The maximum absolute atomic E-state index is 13.8. The van der Waals surface area contributed by atoms with Gasteiger partial charge in [0, 0.05) is 37.2 Å². The minimum atomic E-state index is -0.163. The lowest BCUT2D eigenvalue weighted by Crippen LogP contribution is -2.40. The van der Waals surface area contributed by atoms with E-state index in [4.69, 9.17) is 0 Å². The van der Waals surface area contributed by atoms with E-state index in [-0.39, 0.29) is 11.9 Å². The first kappa shape index (κ1) is 22.1. The van der Waals surface area contributed by atoms with Crippen LogP contribution in [0.25, 0.3) is 0 Å². The Balaban J connectivity index is 1.65. The number of nitrogens with zero attached hydrogens (tertiary/aromatic N) is 2. The molecule has 1 aliphatic heterocycles. The Hall–Kier alpha value is -1.18. The number of hydrogen-bond acceptors (Lipinski definition) is 3. The Morgan fingerprint density at radius 2 is 2.07 bits per heavy atom. The number of aliphatic hydroxyl groups is 1. The maximum atomic E-state index is 13.8. The van der Waals surface area contributed by atoms with Gasteiger partial charge < -0.3 is 20.6 Å². The molecule has 1 aliphatic rings. The summed E-state index contributed by atoms with van der Waals surface area (Å²) in [4.78, 5) is 6.99. The van der Waals surface area contributed by atoms with Gasteiger partial charge >= 0.3 is 0 Å². The van der Waals surface area contributed by atoms with Crippen molar-refractivity contribution in [2.24, 2.45) is 4.99 Å². The van der Waals surface area contributed by atoms with Crippen molar-refractivity contribution in [1.29, 1.82) is 0 Å². The highest BCUT2D eigenvalue weighted by Crippen LogP contribution is 2.16. The predicted octanol–water partition coefficient (Wildman–Crippen LogP) is 2.92. The molecular weight excluding hydrogens is 411 g/mol. The normalized spacial score (nSPS) is 16.5. The number of halogens is 2. The molecule has 0 saturated carbocycles. The lowest BCUT2D eigenvalue weighted by molar-refractivity contribution is 0.0823. The molecule has 0 unspecified atom stereocenters. The third-order valence-electron chi connectivity index (χ3n) is 4.73. The van der Waals surface area contributed by atoms with Gasteiger partial charge in [-0.05, 0) is 63.3 Å². The number of aryl methyl sites for hydroxylation is 1. The van der Waals surface area contributed by atoms with E-state index in [1.165, 1.54) is 6.07 Å². The number of hydrogen-bond donors (Lipinski definition) is 3. The molecule has 0 bridgehead atoms. The fourth-order valence-electron chi connectivity index (χ4n) is 3.18. The summed E-state index contributed by atoms with van der Waals surface area (Å²) in [7, 11) is 0. The highest BCUT2D eigenvalue weighted by atomic mass is 79.9. The zero-order chi connectivity index (χ0) is 19.5. The summed E-state index contributed by atoms with van der Waals surface area (Å²) in [6.45, 7) is 7.41. The van der Waals surface area contributed by atoms with Gasteiger partial charge in [0.05, 0.1) is 6.10 Å². The fraction of sp³-hybridized carbons (Fsp3) is 0.650. The largest absolute Gasteiger partial charge is 0.393 e. The molecule has 1 aromatic carbocycles. The molecule has 1 fully saturated rings. The first-order chi connectivity index (χ1) is 13.1. The minimum Gasteiger partial charge on any atom is -0.393 e. The standard InChI is InChI=1S/C20H32BrFN4O/c1-2-23-20(25-11-4-12-26-13-8-18(27)9-14-26)24-10-3-5-16-6-7-17(21)15-19(16)22/h6-7,15,18,27H,2-5,8-14H2,1H3,(H2,23,24,25). The molecular formula is C20H32BrFN4O. The molecule has 0 aliphatic carbocycles. The van der Waals surface area contributed by atoms with Gasteiger partial charge in [0.1, 0.15) is 5.82 Å². The van der Waals surface area contributed by atoms with Crippen molar-refractivity contribution >= 4 is 21.9 Å². The van der Waals surface area contributed by atoms with Crippen LogP contribution in [0.5, 0.6) is 0 Å². The van der Waals surface area contributed by atoms with Crippen molar-refractivity contribution in [2.45, 2.75) is 45.1 Å². The predicted molar refractivity (Wildman–Crippen MR) is 113 cm³/mol. The van der Waals surface area contributed by atoms with Crippen LogP contribution in [0, 0.1) is 5.82 Å². The molecule has 0 atom stereocenters. The van der Waals surface area contributed by atoms with Crippen LogP contribution >= 0.6 is 15.9 Å². The number of piperidine rings is 1. The number of aliphatic hydroxyl groups excluding tert-OH is 1. The average Bonchev–Trinajstić information content (AvgIpc) is 2.65. The quantitative estimate of drug-likeness (QED) is 0.312. The molecule has 2 rings (SSSR count). The molecule has 1 aromatic rings. The second-order valence-electron chi connectivity index (χ2n) is 6.95. The highest BCUT2D eigenvalue weighted by Gasteiger charge is 2.15.